The van der Waals surface area contributed by atoms with Crippen LogP contribution in [0.15, 0.2) is 6.07 Å². The zero-order chi connectivity index (χ0) is 28.4. The van der Waals surface area contributed by atoms with Crippen LogP contribution < -0.4 is 16.0 Å². The predicted molar refractivity (Wildman–Crippen MR) is 140 cm³/mol. The number of likely N-dealkylation sites (tertiary alicyclic amines) is 1. The van der Waals surface area contributed by atoms with Crippen molar-refractivity contribution in [3.8, 4) is 5.75 Å². The lowest BCUT2D eigenvalue weighted by molar-refractivity contribution is -0.175. The number of piperidine rings is 1. The number of phenolic OH excluding ortho intramolecular Hbond substituents is 1. The Morgan fingerprint density at radius 2 is 1.82 bits per heavy atom. The number of rotatable bonds is 5. The number of carbonyl (C=O) groups is 5. The first-order valence-corrected chi connectivity index (χ1v) is 13.5. The monoisotopic (exact) mass is 540 g/mol. The van der Waals surface area contributed by atoms with Gasteiger partial charge in [0.15, 0.2) is 34.7 Å². The molecule has 3 aliphatic carbocycles. The zero-order valence-corrected chi connectivity index (χ0v) is 22.5. The average Bonchev–Trinajstić information content (AvgIpc) is 2.86. The second-order valence-electron chi connectivity index (χ2n) is 11.8. The van der Waals surface area contributed by atoms with Gasteiger partial charge in [-0.3, -0.25) is 24.0 Å². The van der Waals surface area contributed by atoms with Gasteiger partial charge < -0.3 is 31.1 Å². The number of aromatic hydroxyl groups is 1. The second-order valence-corrected chi connectivity index (χ2v) is 11.8. The number of aliphatic hydroxyl groups is 1. The van der Waals surface area contributed by atoms with Gasteiger partial charge in [0.2, 0.25) is 5.91 Å². The lowest BCUT2D eigenvalue weighted by Crippen LogP contribution is -2.68. The summed E-state index contributed by atoms with van der Waals surface area (Å²) < 4.78 is 0. The van der Waals surface area contributed by atoms with Crippen LogP contribution in [0.1, 0.15) is 47.2 Å². The van der Waals surface area contributed by atoms with Gasteiger partial charge in [0.1, 0.15) is 5.75 Å². The number of primary amides is 1. The lowest BCUT2D eigenvalue weighted by Gasteiger charge is -2.48. The molecular weight excluding hydrogens is 504 g/mol. The minimum absolute atomic E-state index is 0.0313. The first kappa shape index (κ1) is 27.4. The molecule has 1 aliphatic heterocycles. The summed E-state index contributed by atoms with van der Waals surface area (Å²) in [5, 5.41) is 26.2. The standard InChI is InChI=1S/C28H36N4O7/c1-31(2)18-10-14(12-30-16-4-6-32(3)7-5-16)23(34)21-17(18)9-13-8-15-11-19(33)22(27(29)38)26(37)28(15,39)25(36)20(13)24(21)35/h10,13,15-16,20,22,30,34,39H,4-9,11-12H2,1-3H3,(H2,29,38)/t13-,15+,20?,22?,28+/m1/s1. The maximum absolute atomic E-state index is 13.9. The van der Waals surface area contributed by atoms with E-state index < -0.39 is 58.3 Å². The Morgan fingerprint density at radius 1 is 1.15 bits per heavy atom. The van der Waals surface area contributed by atoms with Gasteiger partial charge in [0.25, 0.3) is 0 Å². The molecule has 2 unspecified atom stereocenters. The minimum Gasteiger partial charge on any atom is -0.507 e. The summed E-state index contributed by atoms with van der Waals surface area (Å²) >= 11 is 0. The van der Waals surface area contributed by atoms with Crippen LogP contribution in [0.25, 0.3) is 0 Å². The molecule has 1 aromatic rings. The van der Waals surface area contributed by atoms with E-state index in [0.29, 0.717) is 17.7 Å². The lowest BCUT2D eigenvalue weighted by atomic mass is 9.53. The zero-order valence-electron chi connectivity index (χ0n) is 22.5. The van der Waals surface area contributed by atoms with Gasteiger partial charge in [-0.25, -0.2) is 0 Å². The fourth-order valence-electron chi connectivity index (χ4n) is 7.07. The number of hydrogen-bond acceptors (Lipinski definition) is 10. The molecule has 0 spiro atoms. The molecule has 0 bridgehead atoms. The number of Topliss-reactive ketones (excluding diaryl/α,β-unsaturated/α-hetero) is 4. The number of amides is 1. The van der Waals surface area contributed by atoms with E-state index in [2.05, 4.69) is 17.3 Å². The maximum atomic E-state index is 13.9. The normalized spacial score (nSPS) is 31.5. The number of anilines is 1. The molecule has 3 fully saturated rings. The molecule has 5 atom stereocenters. The van der Waals surface area contributed by atoms with Crippen LogP contribution in [0.5, 0.6) is 5.75 Å². The van der Waals surface area contributed by atoms with Crippen LogP contribution in [0.3, 0.4) is 0 Å². The Hall–Kier alpha value is -3.15. The third-order valence-electron chi connectivity index (χ3n) is 9.24. The number of nitrogens with zero attached hydrogens (tertiary/aromatic N) is 2. The number of nitrogens with one attached hydrogen (secondary N) is 1. The van der Waals surface area contributed by atoms with Crippen LogP contribution in [0.2, 0.25) is 0 Å². The first-order valence-electron chi connectivity index (χ1n) is 13.5. The molecule has 4 aliphatic rings. The van der Waals surface area contributed by atoms with E-state index in [0.717, 1.165) is 31.6 Å². The van der Waals surface area contributed by atoms with Crippen molar-refractivity contribution in [2.24, 2.45) is 29.4 Å². The number of benzene rings is 1. The molecule has 1 saturated heterocycles. The van der Waals surface area contributed by atoms with Gasteiger partial charge in [0.05, 0.1) is 11.5 Å². The van der Waals surface area contributed by atoms with E-state index in [1.165, 1.54) is 0 Å². The number of carbonyl (C=O) groups excluding carboxylic acids is 5. The maximum Gasteiger partial charge on any atom is 0.235 e. The number of nitrogens with two attached hydrogens (primary N) is 1. The van der Waals surface area contributed by atoms with E-state index in [4.69, 9.17) is 5.73 Å². The largest absolute Gasteiger partial charge is 0.507 e. The van der Waals surface area contributed by atoms with Crippen LogP contribution >= 0.6 is 0 Å². The van der Waals surface area contributed by atoms with Gasteiger partial charge in [-0.05, 0) is 63.4 Å². The van der Waals surface area contributed by atoms with Crippen molar-refractivity contribution >= 4 is 34.7 Å². The molecule has 39 heavy (non-hydrogen) atoms. The Bertz CT molecular complexity index is 1270. The molecule has 1 heterocycles. The quantitative estimate of drug-likeness (QED) is 0.360. The summed E-state index contributed by atoms with van der Waals surface area (Å²) in [6, 6.07) is 2.12. The third-order valence-corrected chi connectivity index (χ3v) is 9.24. The summed E-state index contributed by atoms with van der Waals surface area (Å²) in [6.45, 7) is 2.26. The van der Waals surface area contributed by atoms with Crippen molar-refractivity contribution in [2.75, 3.05) is 39.1 Å². The highest BCUT2D eigenvalue weighted by Crippen LogP contribution is 2.51. The molecule has 11 nitrogen and oxygen atoms in total. The van der Waals surface area contributed by atoms with E-state index in [-0.39, 0.29) is 36.6 Å². The number of hydrogen-bond donors (Lipinski definition) is 4. The van der Waals surface area contributed by atoms with Gasteiger partial charge >= 0.3 is 0 Å². The third kappa shape index (κ3) is 4.27. The van der Waals surface area contributed by atoms with Gasteiger partial charge in [0, 0.05) is 50.3 Å². The van der Waals surface area contributed by atoms with Crippen molar-refractivity contribution in [3.05, 3.63) is 22.8 Å². The van der Waals surface area contributed by atoms with Crippen molar-refractivity contribution in [1.82, 2.24) is 10.2 Å². The highest BCUT2D eigenvalue weighted by atomic mass is 16.3. The summed E-state index contributed by atoms with van der Waals surface area (Å²) in [5.41, 5.74) is 4.51. The second kappa shape index (κ2) is 9.79. The van der Waals surface area contributed by atoms with Crippen LogP contribution in [-0.4, -0.2) is 90.0 Å². The van der Waals surface area contributed by atoms with E-state index in [1.807, 2.05) is 25.1 Å². The Balaban J connectivity index is 1.51. The molecular formula is C28H36N4O7. The Kier molecular flexibility index (Phi) is 6.89. The summed E-state index contributed by atoms with van der Waals surface area (Å²) in [4.78, 5) is 69.3. The molecule has 5 rings (SSSR count). The predicted octanol–water partition coefficient (Wildman–Crippen LogP) is -0.423. The fourth-order valence-corrected chi connectivity index (χ4v) is 7.07. The van der Waals surface area contributed by atoms with Gasteiger partial charge in [-0.2, -0.15) is 0 Å². The van der Waals surface area contributed by atoms with Crippen LogP contribution in [-0.2, 0) is 32.1 Å². The van der Waals surface area contributed by atoms with Gasteiger partial charge in [-0.1, -0.05) is 0 Å². The molecule has 5 N–H and O–H groups in total. The molecule has 0 aromatic heterocycles. The summed E-state index contributed by atoms with van der Waals surface area (Å²) in [6.07, 6.45) is 1.91. The van der Waals surface area contributed by atoms with Crippen LogP contribution in [0.4, 0.5) is 5.69 Å². The fraction of sp³-hybridized carbons (Fsp3) is 0.607. The molecule has 1 amide bonds. The van der Waals surface area contributed by atoms with Gasteiger partial charge in [-0.15, -0.1) is 0 Å². The summed E-state index contributed by atoms with van der Waals surface area (Å²) in [7, 11) is 5.75. The molecule has 0 radical (unpaired) electrons. The number of fused-ring (bicyclic) bond motifs is 3. The molecule has 1 aromatic carbocycles. The van der Waals surface area contributed by atoms with Crippen molar-refractivity contribution in [2.45, 2.75) is 50.3 Å². The molecule has 210 valence electrons. The molecule has 2 saturated carbocycles. The topological polar surface area (TPSA) is 170 Å². The van der Waals surface area contributed by atoms with Crippen molar-refractivity contribution in [1.29, 1.82) is 0 Å². The summed E-state index contributed by atoms with van der Waals surface area (Å²) in [5.74, 6) is -9.93. The highest BCUT2D eigenvalue weighted by molar-refractivity contribution is 6.31. The van der Waals surface area contributed by atoms with Crippen LogP contribution in [0, 0.1) is 23.7 Å². The Morgan fingerprint density at radius 3 is 2.44 bits per heavy atom. The van der Waals surface area contributed by atoms with E-state index in [1.54, 1.807) is 0 Å². The minimum atomic E-state index is -2.64. The number of phenols is 1. The smallest absolute Gasteiger partial charge is 0.235 e. The van der Waals surface area contributed by atoms with E-state index in [9.17, 15) is 34.2 Å². The van der Waals surface area contributed by atoms with Crippen molar-refractivity contribution < 1.29 is 34.2 Å². The van der Waals surface area contributed by atoms with E-state index >= 15 is 0 Å². The Labute approximate surface area is 226 Å². The first-order chi connectivity index (χ1) is 18.4. The van der Waals surface area contributed by atoms with Crippen molar-refractivity contribution in [3.63, 3.8) is 0 Å². The highest BCUT2D eigenvalue weighted by Gasteiger charge is 2.66. The SMILES string of the molecule is CN1CCC(NCc2cc(N(C)C)c3c(c2O)C(=O)C2C(=O)[C@]4(O)C(=O)C(C(N)=O)C(=O)C[C@@H]4C[C@@H]2C3)CC1. The number of ketones is 4. The average molecular weight is 541 g/mol. The molecule has 11 heteroatoms.